The normalized spacial score (nSPS) is 17.2. The van der Waals surface area contributed by atoms with Crippen LogP contribution in [0.25, 0.3) is 21.2 Å². The number of carbonyl (C=O) groups excluding carboxylic acids is 2. The van der Waals surface area contributed by atoms with Crippen molar-refractivity contribution in [2.24, 2.45) is 0 Å². The zero-order valence-electron chi connectivity index (χ0n) is 22.5. The van der Waals surface area contributed by atoms with Crippen LogP contribution in [0, 0.1) is 3.57 Å². The molecule has 1 aliphatic carbocycles. The van der Waals surface area contributed by atoms with Crippen LogP contribution in [0.5, 0.6) is 5.75 Å². The van der Waals surface area contributed by atoms with Gasteiger partial charge in [0.1, 0.15) is 10.6 Å². The Morgan fingerprint density at radius 2 is 1.69 bits per heavy atom. The van der Waals surface area contributed by atoms with Gasteiger partial charge in [0.2, 0.25) is 0 Å². The van der Waals surface area contributed by atoms with E-state index in [2.05, 4.69) is 51.0 Å². The molecule has 5 rings (SSSR count). The minimum absolute atomic E-state index is 0.0509. The second-order valence-corrected chi connectivity index (χ2v) is 12.3. The van der Waals surface area contributed by atoms with Crippen molar-refractivity contribution < 1.29 is 14.3 Å². The summed E-state index contributed by atoms with van der Waals surface area (Å²) in [5, 5.41) is 4.55. The number of hydrogen-bond acceptors (Lipinski definition) is 5. The summed E-state index contributed by atoms with van der Waals surface area (Å²) >= 11 is 3.92. The van der Waals surface area contributed by atoms with Gasteiger partial charge in [0.25, 0.3) is 5.91 Å². The molecular weight excluding hydrogens is 619 g/mol. The van der Waals surface area contributed by atoms with Gasteiger partial charge in [-0.2, -0.15) is 0 Å². The molecule has 0 atom stereocenters. The Labute approximate surface area is 247 Å². The van der Waals surface area contributed by atoms with Crippen LogP contribution in [0.4, 0.5) is 0 Å². The molecule has 0 radical (unpaired) electrons. The fourth-order valence-corrected chi connectivity index (χ4v) is 7.75. The van der Waals surface area contributed by atoms with Crippen LogP contribution in [0.1, 0.15) is 58.2 Å². The van der Waals surface area contributed by atoms with E-state index in [1.54, 1.807) is 25.4 Å². The number of Topliss-reactive ketones (excluding diaryl/α,β-unsaturated/α-hetero) is 1. The molecule has 7 heteroatoms. The van der Waals surface area contributed by atoms with Gasteiger partial charge in [-0.05, 0) is 91.6 Å². The van der Waals surface area contributed by atoms with E-state index in [9.17, 15) is 9.59 Å². The highest BCUT2D eigenvalue weighted by molar-refractivity contribution is 14.1. The first-order valence-electron chi connectivity index (χ1n) is 13.3. The molecule has 0 bridgehead atoms. The highest BCUT2D eigenvalue weighted by atomic mass is 127. The lowest BCUT2D eigenvalue weighted by Gasteiger charge is -2.37. The van der Waals surface area contributed by atoms with Crippen molar-refractivity contribution >= 4 is 55.7 Å². The van der Waals surface area contributed by atoms with Crippen LogP contribution >= 0.6 is 33.9 Å². The van der Waals surface area contributed by atoms with Gasteiger partial charge >= 0.3 is 0 Å². The predicted octanol–water partition coefficient (Wildman–Crippen LogP) is 7.56. The number of rotatable bonds is 8. The molecule has 0 saturated heterocycles. The van der Waals surface area contributed by atoms with Crippen LogP contribution in [-0.2, 0) is 6.54 Å². The first-order chi connectivity index (χ1) is 18.9. The fraction of sp³-hybridized carbons (Fsp3) is 0.312. The van der Waals surface area contributed by atoms with Crippen LogP contribution < -0.4 is 10.1 Å². The average molecular weight is 653 g/mol. The van der Waals surface area contributed by atoms with Crippen LogP contribution in [0.15, 0.2) is 66.7 Å². The molecule has 0 aliphatic heterocycles. The number of nitrogens with one attached hydrogen (secondary N) is 1. The Morgan fingerprint density at radius 3 is 2.33 bits per heavy atom. The SMILES string of the molecule is CN[C@H]1CC[C@H](N(Cc2cc(-c3ccc(C(C)=O)cc3)ccc2OC)C(=O)c2sc3ccccc3c2I)CC1. The van der Waals surface area contributed by atoms with E-state index in [4.69, 9.17) is 4.74 Å². The molecule has 3 aromatic carbocycles. The molecule has 0 unspecified atom stereocenters. The van der Waals surface area contributed by atoms with E-state index in [0.29, 0.717) is 18.2 Å². The summed E-state index contributed by atoms with van der Waals surface area (Å²) in [6.07, 6.45) is 4.03. The number of benzene rings is 3. The second-order valence-electron chi connectivity index (χ2n) is 10.1. The maximum Gasteiger partial charge on any atom is 0.265 e. The van der Waals surface area contributed by atoms with Crippen LogP contribution in [0.3, 0.4) is 0 Å². The zero-order valence-corrected chi connectivity index (χ0v) is 25.5. The fourth-order valence-electron chi connectivity index (χ4n) is 5.49. The lowest BCUT2D eigenvalue weighted by atomic mass is 9.89. The van der Waals surface area contributed by atoms with E-state index < -0.39 is 0 Å². The molecule has 1 saturated carbocycles. The van der Waals surface area contributed by atoms with Gasteiger partial charge in [-0.3, -0.25) is 9.59 Å². The summed E-state index contributed by atoms with van der Waals surface area (Å²) in [4.78, 5) is 28.9. The lowest BCUT2D eigenvalue weighted by molar-refractivity contribution is 0.0603. The number of fused-ring (bicyclic) bond motifs is 1. The van der Waals surface area contributed by atoms with Gasteiger partial charge in [-0.1, -0.05) is 48.5 Å². The third-order valence-electron chi connectivity index (χ3n) is 7.78. The number of ether oxygens (including phenoxy) is 1. The molecule has 4 aromatic rings. The molecular formula is C32H33IN2O3S. The summed E-state index contributed by atoms with van der Waals surface area (Å²) in [6.45, 7) is 2.05. The lowest BCUT2D eigenvalue weighted by Crippen LogP contribution is -2.44. The number of amides is 1. The minimum atomic E-state index is 0.0509. The van der Waals surface area contributed by atoms with E-state index >= 15 is 0 Å². The molecule has 1 aliphatic rings. The number of carbonyl (C=O) groups is 2. The monoisotopic (exact) mass is 652 g/mol. The van der Waals surface area contributed by atoms with E-state index in [1.807, 2.05) is 55.6 Å². The van der Waals surface area contributed by atoms with Gasteiger partial charge in [0.15, 0.2) is 5.78 Å². The predicted molar refractivity (Wildman–Crippen MR) is 168 cm³/mol. The second kappa shape index (κ2) is 12.2. The summed E-state index contributed by atoms with van der Waals surface area (Å²) < 4.78 is 7.94. The molecule has 202 valence electrons. The number of methoxy groups -OCH3 is 1. The third-order valence-corrected chi connectivity index (χ3v) is 10.4. The molecule has 1 amide bonds. The number of nitrogens with zero attached hydrogens (tertiary/aromatic N) is 1. The van der Waals surface area contributed by atoms with Crippen molar-refractivity contribution in [1.82, 2.24) is 10.2 Å². The van der Waals surface area contributed by atoms with Crippen molar-refractivity contribution in [2.45, 2.75) is 51.2 Å². The molecule has 5 nitrogen and oxygen atoms in total. The van der Waals surface area contributed by atoms with Crippen molar-refractivity contribution in [2.75, 3.05) is 14.2 Å². The topological polar surface area (TPSA) is 58.6 Å². The number of ketones is 1. The number of hydrogen-bond donors (Lipinski definition) is 1. The maximum absolute atomic E-state index is 14.3. The highest BCUT2D eigenvalue weighted by Gasteiger charge is 2.32. The molecule has 1 aromatic heterocycles. The van der Waals surface area contributed by atoms with Crippen LogP contribution in [-0.4, -0.2) is 42.8 Å². The Morgan fingerprint density at radius 1 is 1.00 bits per heavy atom. The first-order valence-corrected chi connectivity index (χ1v) is 15.2. The Bertz CT molecular complexity index is 1490. The van der Waals surface area contributed by atoms with E-state index in [1.165, 1.54) is 0 Å². The number of halogens is 1. The largest absolute Gasteiger partial charge is 0.496 e. The van der Waals surface area contributed by atoms with Crippen molar-refractivity contribution in [3.63, 3.8) is 0 Å². The Hall–Kier alpha value is -2.75. The molecule has 0 spiro atoms. The molecule has 1 heterocycles. The van der Waals surface area contributed by atoms with Gasteiger partial charge in [0, 0.05) is 43.4 Å². The Balaban J connectivity index is 1.51. The van der Waals surface area contributed by atoms with Crippen molar-refractivity contribution in [1.29, 1.82) is 0 Å². The molecule has 39 heavy (non-hydrogen) atoms. The summed E-state index contributed by atoms with van der Waals surface area (Å²) in [6, 6.07) is 22.7. The van der Waals surface area contributed by atoms with Gasteiger partial charge in [0.05, 0.1) is 7.11 Å². The summed E-state index contributed by atoms with van der Waals surface area (Å²) in [7, 11) is 3.70. The first kappa shape index (κ1) is 27.8. The zero-order chi connectivity index (χ0) is 27.5. The average Bonchev–Trinajstić information content (AvgIpc) is 3.32. The van der Waals surface area contributed by atoms with Gasteiger partial charge in [-0.15, -0.1) is 11.3 Å². The maximum atomic E-state index is 14.3. The number of thiophene rings is 1. The standard InChI is InChI=1S/C32H33IN2O3S/c1-20(36)21-8-10-22(11-9-21)23-12-17-28(38-3)24(18-23)19-35(26-15-13-25(34-2)14-16-26)32(37)31-30(33)27-6-4-5-7-29(27)39-31/h4-12,17-18,25-26,34H,13-16,19H2,1-3H3/t25-,26-. The molecule has 1 fully saturated rings. The quantitative estimate of drug-likeness (QED) is 0.158. The van der Waals surface area contributed by atoms with E-state index in [0.717, 1.165) is 66.7 Å². The van der Waals surface area contributed by atoms with Crippen molar-refractivity contribution in [3.8, 4) is 16.9 Å². The highest BCUT2D eigenvalue weighted by Crippen LogP contribution is 2.36. The van der Waals surface area contributed by atoms with Crippen molar-refractivity contribution in [3.05, 3.63) is 86.3 Å². The summed E-state index contributed by atoms with van der Waals surface area (Å²) in [5.74, 6) is 0.911. The van der Waals surface area contributed by atoms with Gasteiger partial charge < -0.3 is 15.0 Å². The summed E-state index contributed by atoms with van der Waals surface area (Å²) in [5.41, 5.74) is 3.73. The minimum Gasteiger partial charge on any atom is -0.496 e. The Kier molecular flexibility index (Phi) is 8.69. The van der Waals surface area contributed by atoms with Crippen LogP contribution in [0.2, 0.25) is 0 Å². The van der Waals surface area contributed by atoms with Gasteiger partial charge in [-0.25, -0.2) is 0 Å². The van der Waals surface area contributed by atoms with E-state index in [-0.39, 0.29) is 17.7 Å². The smallest absolute Gasteiger partial charge is 0.265 e. The molecule has 1 N–H and O–H groups in total. The third kappa shape index (κ3) is 5.90.